The Morgan fingerprint density at radius 2 is 1.82 bits per heavy atom. The Labute approximate surface area is 130 Å². The first kappa shape index (κ1) is 16.2. The van der Waals surface area contributed by atoms with Crippen LogP contribution in [0.15, 0.2) is 40.1 Å². The number of rotatable bonds is 5. The lowest BCUT2D eigenvalue weighted by atomic mass is 10.0. The van der Waals surface area contributed by atoms with Crippen molar-refractivity contribution < 1.29 is 0 Å². The Hall–Kier alpha value is -2.14. The van der Waals surface area contributed by atoms with Gasteiger partial charge >= 0.3 is 5.69 Å². The van der Waals surface area contributed by atoms with Crippen LogP contribution in [0.5, 0.6) is 0 Å². The van der Waals surface area contributed by atoms with E-state index in [0.717, 1.165) is 11.0 Å². The van der Waals surface area contributed by atoms with E-state index in [2.05, 4.69) is 31.3 Å². The van der Waals surface area contributed by atoms with Crippen molar-refractivity contribution in [3.05, 3.63) is 68.0 Å². The molecule has 1 N–H and O–H groups in total. The minimum atomic E-state index is -0.304. The zero-order chi connectivity index (χ0) is 16.3. The van der Waals surface area contributed by atoms with Crippen LogP contribution in [-0.2, 0) is 27.1 Å². The van der Waals surface area contributed by atoms with E-state index in [1.807, 2.05) is 12.1 Å². The highest BCUT2D eigenvalue weighted by molar-refractivity contribution is 5.26. The average Bonchev–Trinajstić information content (AvgIpc) is 2.50. The number of benzene rings is 1. The Bertz CT molecular complexity index is 774. The molecule has 0 saturated carbocycles. The molecule has 2 aromatic rings. The second kappa shape index (κ2) is 6.75. The molecule has 118 valence electrons. The quantitative estimate of drug-likeness (QED) is 0.900. The van der Waals surface area contributed by atoms with Crippen molar-refractivity contribution >= 4 is 0 Å². The van der Waals surface area contributed by atoms with Gasteiger partial charge in [-0.15, -0.1) is 0 Å². The highest BCUT2D eigenvalue weighted by Gasteiger charge is 2.09. The van der Waals surface area contributed by atoms with Gasteiger partial charge in [-0.3, -0.25) is 9.36 Å². The van der Waals surface area contributed by atoms with E-state index < -0.39 is 0 Å². The molecule has 0 aliphatic rings. The van der Waals surface area contributed by atoms with Crippen molar-refractivity contribution in [3.8, 4) is 0 Å². The van der Waals surface area contributed by atoms with Gasteiger partial charge in [-0.25, -0.2) is 4.79 Å². The largest absolute Gasteiger partial charge is 0.330 e. The maximum atomic E-state index is 12.1. The van der Waals surface area contributed by atoms with Crippen LogP contribution in [0.1, 0.15) is 23.6 Å². The molecule has 0 radical (unpaired) electrons. The molecule has 1 atom stereocenters. The van der Waals surface area contributed by atoms with Crippen LogP contribution < -0.4 is 16.6 Å². The van der Waals surface area contributed by atoms with Crippen molar-refractivity contribution in [2.75, 3.05) is 0 Å². The smallest absolute Gasteiger partial charge is 0.310 e. The zero-order valence-corrected chi connectivity index (χ0v) is 13.6. The van der Waals surface area contributed by atoms with Crippen molar-refractivity contribution in [1.82, 2.24) is 14.5 Å². The van der Waals surface area contributed by atoms with Gasteiger partial charge in [0.2, 0.25) is 0 Å². The van der Waals surface area contributed by atoms with E-state index in [4.69, 9.17) is 0 Å². The summed E-state index contributed by atoms with van der Waals surface area (Å²) in [6.45, 7) is 4.65. The molecule has 0 fully saturated rings. The molecular formula is C17H23N3O2. The summed E-state index contributed by atoms with van der Waals surface area (Å²) < 4.78 is 2.58. The zero-order valence-electron chi connectivity index (χ0n) is 13.6. The lowest BCUT2D eigenvalue weighted by Gasteiger charge is -2.15. The van der Waals surface area contributed by atoms with Gasteiger partial charge in [-0.2, -0.15) is 0 Å². The predicted molar refractivity (Wildman–Crippen MR) is 88.1 cm³/mol. The van der Waals surface area contributed by atoms with E-state index in [1.165, 1.54) is 22.7 Å². The van der Waals surface area contributed by atoms with Crippen molar-refractivity contribution in [2.45, 2.75) is 32.9 Å². The van der Waals surface area contributed by atoms with Gasteiger partial charge in [-0.05, 0) is 31.4 Å². The lowest BCUT2D eigenvalue weighted by Crippen LogP contribution is -2.40. The molecule has 1 aromatic carbocycles. The van der Waals surface area contributed by atoms with Crippen LogP contribution in [0, 0.1) is 6.92 Å². The molecule has 22 heavy (non-hydrogen) atoms. The normalized spacial score (nSPS) is 12.4. The highest BCUT2D eigenvalue weighted by Crippen LogP contribution is 2.09. The van der Waals surface area contributed by atoms with Crippen molar-refractivity contribution in [3.63, 3.8) is 0 Å². The molecule has 1 unspecified atom stereocenters. The summed E-state index contributed by atoms with van der Waals surface area (Å²) in [4.78, 5) is 23.7. The monoisotopic (exact) mass is 301 g/mol. The van der Waals surface area contributed by atoms with E-state index in [1.54, 1.807) is 13.2 Å². The first-order chi connectivity index (χ1) is 10.4. The standard InChI is InChI=1S/C17H23N3O2/c1-12-7-5-6-8-14(12)9-13(2)18-10-15-11-19(3)17(22)20(4)16(15)21/h5-8,11,13,18H,9-10H2,1-4H3. The Morgan fingerprint density at radius 3 is 2.50 bits per heavy atom. The molecule has 0 saturated heterocycles. The first-order valence-electron chi connectivity index (χ1n) is 7.43. The molecule has 0 aliphatic carbocycles. The van der Waals surface area contributed by atoms with Crippen LogP contribution in [0.25, 0.3) is 0 Å². The number of hydrogen-bond donors (Lipinski definition) is 1. The van der Waals surface area contributed by atoms with Gasteiger partial charge in [0, 0.05) is 38.4 Å². The van der Waals surface area contributed by atoms with Crippen molar-refractivity contribution in [1.29, 1.82) is 0 Å². The van der Waals surface area contributed by atoms with Crippen LogP contribution in [0.3, 0.4) is 0 Å². The van der Waals surface area contributed by atoms with Crippen LogP contribution in [0.4, 0.5) is 0 Å². The van der Waals surface area contributed by atoms with Gasteiger partial charge in [-0.1, -0.05) is 24.3 Å². The summed E-state index contributed by atoms with van der Waals surface area (Å²) in [5.74, 6) is 0. The van der Waals surface area contributed by atoms with E-state index in [-0.39, 0.29) is 17.3 Å². The van der Waals surface area contributed by atoms with Gasteiger partial charge in [0.15, 0.2) is 0 Å². The summed E-state index contributed by atoms with van der Waals surface area (Å²) in [6.07, 6.45) is 2.51. The number of aromatic nitrogens is 2. The maximum Gasteiger partial charge on any atom is 0.330 e. The first-order valence-corrected chi connectivity index (χ1v) is 7.43. The Morgan fingerprint density at radius 1 is 1.14 bits per heavy atom. The number of nitrogens with zero attached hydrogens (tertiary/aromatic N) is 2. The van der Waals surface area contributed by atoms with E-state index >= 15 is 0 Å². The van der Waals surface area contributed by atoms with Gasteiger partial charge in [0.25, 0.3) is 5.56 Å². The molecule has 5 nitrogen and oxygen atoms in total. The van der Waals surface area contributed by atoms with E-state index in [0.29, 0.717) is 12.1 Å². The molecule has 0 amide bonds. The third-order valence-electron chi connectivity index (χ3n) is 3.95. The second-order valence-electron chi connectivity index (χ2n) is 5.82. The number of hydrogen-bond acceptors (Lipinski definition) is 3. The molecule has 1 heterocycles. The van der Waals surface area contributed by atoms with E-state index in [9.17, 15) is 9.59 Å². The van der Waals surface area contributed by atoms with Gasteiger partial charge in [0.1, 0.15) is 0 Å². The predicted octanol–water partition coefficient (Wildman–Crippen LogP) is 1.11. The number of aryl methyl sites for hydroxylation is 2. The molecule has 0 bridgehead atoms. The summed E-state index contributed by atoms with van der Waals surface area (Å²) in [6, 6.07) is 8.54. The number of nitrogens with one attached hydrogen (secondary N) is 1. The van der Waals surface area contributed by atoms with Gasteiger partial charge < -0.3 is 9.88 Å². The van der Waals surface area contributed by atoms with Crippen LogP contribution in [0.2, 0.25) is 0 Å². The van der Waals surface area contributed by atoms with Crippen molar-refractivity contribution in [2.24, 2.45) is 14.1 Å². The fourth-order valence-electron chi connectivity index (χ4n) is 2.53. The third kappa shape index (κ3) is 3.54. The summed E-state index contributed by atoms with van der Waals surface area (Å²) >= 11 is 0. The van der Waals surface area contributed by atoms with Gasteiger partial charge in [0.05, 0.1) is 0 Å². The molecule has 0 aliphatic heterocycles. The molecule has 2 rings (SSSR count). The molecule has 5 heteroatoms. The molecule has 0 spiro atoms. The minimum absolute atomic E-state index is 0.237. The van der Waals surface area contributed by atoms with Crippen LogP contribution in [-0.4, -0.2) is 15.2 Å². The Kier molecular flexibility index (Phi) is 4.98. The molecule has 1 aromatic heterocycles. The lowest BCUT2D eigenvalue weighted by molar-refractivity contribution is 0.534. The third-order valence-corrected chi connectivity index (χ3v) is 3.95. The SMILES string of the molecule is Cc1ccccc1CC(C)NCc1cn(C)c(=O)n(C)c1=O. The Balaban J connectivity index is 2.06. The minimum Gasteiger partial charge on any atom is -0.310 e. The second-order valence-corrected chi connectivity index (χ2v) is 5.82. The fraction of sp³-hybridized carbons (Fsp3) is 0.412. The fourth-order valence-corrected chi connectivity index (χ4v) is 2.53. The summed E-state index contributed by atoms with van der Waals surface area (Å²) in [5, 5.41) is 3.36. The summed E-state index contributed by atoms with van der Waals surface area (Å²) in [5.41, 5.74) is 2.63. The topological polar surface area (TPSA) is 56.0 Å². The van der Waals surface area contributed by atoms with Crippen LogP contribution >= 0.6 is 0 Å². The summed E-state index contributed by atoms with van der Waals surface area (Å²) in [7, 11) is 3.16. The maximum absolute atomic E-state index is 12.1. The average molecular weight is 301 g/mol. The highest BCUT2D eigenvalue weighted by atomic mass is 16.2. The molecular weight excluding hydrogens is 278 g/mol.